The van der Waals surface area contributed by atoms with Crippen LogP contribution in [0.1, 0.15) is 25.5 Å². The Morgan fingerprint density at radius 3 is 2.80 bits per heavy atom. The van der Waals surface area contributed by atoms with Gasteiger partial charge < -0.3 is 5.32 Å². The minimum atomic E-state index is -0.416. The Balaban J connectivity index is 2.03. The standard InChI is InChI=1S/C13H15BrN4O2/c1-9(2)17-8-10(7-16-17)6-15-11-3-4-13(18(19)20)12(14)5-11/h3-5,7-9,15H,6H2,1-2H3. The highest BCUT2D eigenvalue weighted by Crippen LogP contribution is 2.27. The van der Waals surface area contributed by atoms with Crippen LogP contribution in [0.25, 0.3) is 0 Å². The second-order valence-corrected chi connectivity index (χ2v) is 5.55. The number of rotatable bonds is 5. The van der Waals surface area contributed by atoms with E-state index in [9.17, 15) is 10.1 Å². The van der Waals surface area contributed by atoms with Crippen molar-refractivity contribution in [2.24, 2.45) is 0 Å². The van der Waals surface area contributed by atoms with Crippen molar-refractivity contribution < 1.29 is 4.92 Å². The molecule has 0 unspecified atom stereocenters. The van der Waals surface area contributed by atoms with Gasteiger partial charge in [-0.15, -0.1) is 0 Å². The molecule has 7 heteroatoms. The maximum atomic E-state index is 10.7. The van der Waals surface area contributed by atoms with E-state index in [1.807, 2.05) is 17.1 Å². The molecule has 1 heterocycles. The van der Waals surface area contributed by atoms with Gasteiger partial charge in [-0.2, -0.15) is 5.10 Å². The van der Waals surface area contributed by atoms with Crippen molar-refractivity contribution in [1.82, 2.24) is 9.78 Å². The van der Waals surface area contributed by atoms with Crippen LogP contribution in [0.15, 0.2) is 35.1 Å². The molecular weight excluding hydrogens is 324 g/mol. The van der Waals surface area contributed by atoms with Crippen molar-refractivity contribution in [3.63, 3.8) is 0 Å². The molecule has 106 valence electrons. The van der Waals surface area contributed by atoms with Crippen LogP contribution in [0.2, 0.25) is 0 Å². The third kappa shape index (κ3) is 3.36. The van der Waals surface area contributed by atoms with E-state index in [1.165, 1.54) is 6.07 Å². The summed E-state index contributed by atoms with van der Waals surface area (Å²) in [5, 5.41) is 18.2. The summed E-state index contributed by atoms with van der Waals surface area (Å²) in [6, 6.07) is 5.20. The van der Waals surface area contributed by atoms with E-state index in [4.69, 9.17) is 0 Å². The van der Waals surface area contributed by atoms with Gasteiger partial charge in [0.25, 0.3) is 5.69 Å². The van der Waals surface area contributed by atoms with Crippen LogP contribution in [0, 0.1) is 10.1 Å². The lowest BCUT2D eigenvalue weighted by atomic mass is 10.2. The highest BCUT2D eigenvalue weighted by atomic mass is 79.9. The van der Waals surface area contributed by atoms with Crippen LogP contribution >= 0.6 is 15.9 Å². The van der Waals surface area contributed by atoms with Crippen LogP contribution in [-0.4, -0.2) is 14.7 Å². The summed E-state index contributed by atoms with van der Waals surface area (Å²) >= 11 is 3.20. The first-order valence-corrected chi connectivity index (χ1v) is 6.97. The zero-order valence-corrected chi connectivity index (χ0v) is 12.8. The number of halogens is 1. The number of aromatic nitrogens is 2. The Morgan fingerprint density at radius 2 is 2.25 bits per heavy atom. The molecule has 0 spiro atoms. The van der Waals surface area contributed by atoms with Gasteiger partial charge in [0.1, 0.15) is 0 Å². The molecule has 1 aromatic heterocycles. The number of nitro benzene ring substituents is 1. The molecule has 1 aromatic carbocycles. The van der Waals surface area contributed by atoms with E-state index >= 15 is 0 Å². The monoisotopic (exact) mass is 338 g/mol. The Hall–Kier alpha value is -1.89. The summed E-state index contributed by atoms with van der Waals surface area (Å²) in [5.74, 6) is 0. The molecule has 0 fully saturated rings. The van der Waals surface area contributed by atoms with Gasteiger partial charge in [-0.05, 0) is 41.9 Å². The van der Waals surface area contributed by atoms with Crippen molar-refractivity contribution >= 4 is 27.3 Å². The summed E-state index contributed by atoms with van der Waals surface area (Å²) in [6.07, 6.45) is 3.80. The van der Waals surface area contributed by atoms with Gasteiger partial charge >= 0.3 is 0 Å². The van der Waals surface area contributed by atoms with Gasteiger partial charge in [0.05, 0.1) is 15.6 Å². The molecule has 0 atom stereocenters. The normalized spacial score (nSPS) is 10.8. The Labute approximate surface area is 125 Å². The SMILES string of the molecule is CC(C)n1cc(CNc2ccc([N+](=O)[O-])c(Br)c2)cn1. The Kier molecular flexibility index (Phi) is 4.39. The van der Waals surface area contributed by atoms with Gasteiger partial charge in [-0.1, -0.05) is 0 Å². The fraction of sp³-hybridized carbons (Fsp3) is 0.308. The molecule has 0 amide bonds. The molecule has 0 saturated heterocycles. The highest BCUT2D eigenvalue weighted by molar-refractivity contribution is 9.10. The van der Waals surface area contributed by atoms with E-state index in [2.05, 4.69) is 40.2 Å². The van der Waals surface area contributed by atoms with Crippen LogP contribution in [0.4, 0.5) is 11.4 Å². The zero-order valence-electron chi connectivity index (χ0n) is 11.2. The van der Waals surface area contributed by atoms with Gasteiger partial charge in [0, 0.05) is 36.1 Å². The van der Waals surface area contributed by atoms with Crippen molar-refractivity contribution in [1.29, 1.82) is 0 Å². The van der Waals surface area contributed by atoms with Crippen LogP contribution < -0.4 is 5.32 Å². The maximum Gasteiger partial charge on any atom is 0.283 e. The summed E-state index contributed by atoms with van der Waals surface area (Å²) in [6.45, 7) is 4.76. The van der Waals surface area contributed by atoms with Crippen LogP contribution in [-0.2, 0) is 6.54 Å². The van der Waals surface area contributed by atoms with Gasteiger partial charge in [0.2, 0.25) is 0 Å². The predicted octanol–water partition coefficient (Wildman–Crippen LogP) is 3.75. The molecule has 2 aromatic rings. The first-order valence-electron chi connectivity index (χ1n) is 6.18. The van der Waals surface area contributed by atoms with E-state index in [1.54, 1.807) is 12.1 Å². The van der Waals surface area contributed by atoms with E-state index in [0.717, 1.165) is 11.3 Å². The minimum absolute atomic E-state index is 0.0585. The van der Waals surface area contributed by atoms with Crippen LogP contribution in [0.5, 0.6) is 0 Å². The average Bonchev–Trinajstić information content (AvgIpc) is 2.85. The van der Waals surface area contributed by atoms with Gasteiger partial charge in [-0.25, -0.2) is 0 Å². The summed E-state index contributed by atoms with van der Waals surface area (Å²) in [7, 11) is 0. The topological polar surface area (TPSA) is 73.0 Å². The molecule has 0 radical (unpaired) electrons. The molecule has 0 bridgehead atoms. The number of nitrogens with zero attached hydrogens (tertiary/aromatic N) is 3. The van der Waals surface area contributed by atoms with E-state index in [0.29, 0.717) is 17.1 Å². The number of hydrogen-bond acceptors (Lipinski definition) is 4. The second kappa shape index (κ2) is 6.04. The third-order valence-electron chi connectivity index (χ3n) is 2.83. The third-order valence-corrected chi connectivity index (χ3v) is 3.46. The highest BCUT2D eigenvalue weighted by Gasteiger charge is 2.11. The number of hydrogen-bond donors (Lipinski definition) is 1. The molecule has 0 aliphatic carbocycles. The van der Waals surface area contributed by atoms with E-state index in [-0.39, 0.29) is 5.69 Å². The molecule has 20 heavy (non-hydrogen) atoms. The minimum Gasteiger partial charge on any atom is -0.381 e. The van der Waals surface area contributed by atoms with Crippen molar-refractivity contribution in [3.8, 4) is 0 Å². The van der Waals surface area contributed by atoms with E-state index < -0.39 is 4.92 Å². The first-order chi connectivity index (χ1) is 9.47. The lowest BCUT2D eigenvalue weighted by Gasteiger charge is -2.06. The summed E-state index contributed by atoms with van der Waals surface area (Å²) < 4.78 is 2.35. The largest absolute Gasteiger partial charge is 0.381 e. The smallest absolute Gasteiger partial charge is 0.283 e. The van der Waals surface area contributed by atoms with Crippen molar-refractivity contribution in [2.45, 2.75) is 26.4 Å². The zero-order chi connectivity index (χ0) is 14.7. The Morgan fingerprint density at radius 1 is 1.50 bits per heavy atom. The molecule has 1 N–H and O–H groups in total. The van der Waals surface area contributed by atoms with Crippen molar-refractivity contribution in [3.05, 3.63) is 50.7 Å². The molecule has 2 rings (SSSR count). The predicted molar refractivity (Wildman–Crippen MR) is 80.7 cm³/mol. The molecule has 0 aliphatic heterocycles. The van der Waals surface area contributed by atoms with Gasteiger partial charge in [0.15, 0.2) is 0 Å². The quantitative estimate of drug-likeness (QED) is 0.665. The average molecular weight is 339 g/mol. The van der Waals surface area contributed by atoms with Gasteiger partial charge in [-0.3, -0.25) is 14.8 Å². The maximum absolute atomic E-state index is 10.7. The summed E-state index contributed by atoms with van der Waals surface area (Å²) in [4.78, 5) is 10.3. The Bertz CT molecular complexity index is 625. The lowest BCUT2D eigenvalue weighted by Crippen LogP contribution is -2.01. The number of anilines is 1. The van der Waals surface area contributed by atoms with Crippen molar-refractivity contribution in [2.75, 3.05) is 5.32 Å². The fourth-order valence-electron chi connectivity index (χ4n) is 1.72. The van der Waals surface area contributed by atoms with Crippen LogP contribution in [0.3, 0.4) is 0 Å². The molecule has 0 aliphatic rings. The second-order valence-electron chi connectivity index (χ2n) is 4.70. The molecular formula is C13H15BrN4O2. The number of nitrogens with one attached hydrogen (secondary N) is 1. The molecule has 0 saturated carbocycles. The molecule has 6 nitrogen and oxygen atoms in total. The lowest BCUT2D eigenvalue weighted by molar-refractivity contribution is -0.385. The number of benzene rings is 1. The summed E-state index contributed by atoms with van der Waals surface area (Å²) in [5.41, 5.74) is 1.94. The first kappa shape index (κ1) is 14.5. The fourth-order valence-corrected chi connectivity index (χ4v) is 2.24. The number of nitro groups is 1.